The number of ether oxygens (including phenoxy) is 1. The second-order valence-corrected chi connectivity index (χ2v) is 7.15. The number of hydrogen-bond donors (Lipinski definition) is 2. The van der Waals surface area contributed by atoms with Crippen molar-refractivity contribution in [2.24, 2.45) is 5.92 Å². The number of carboxylic acid groups (broad SMARTS) is 1. The molecular formula is C19H24O4. The predicted molar refractivity (Wildman–Crippen MR) is 88.0 cm³/mol. The van der Waals surface area contributed by atoms with Crippen molar-refractivity contribution in [3.05, 3.63) is 34.9 Å². The van der Waals surface area contributed by atoms with E-state index in [0.29, 0.717) is 17.7 Å². The van der Waals surface area contributed by atoms with E-state index in [1.807, 2.05) is 12.1 Å². The van der Waals surface area contributed by atoms with Gasteiger partial charge in [0.25, 0.3) is 0 Å². The Hall–Kier alpha value is -1.97. The van der Waals surface area contributed by atoms with Crippen molar-refractivity contribution in [3.63, 3.8) is 0 Å². The Morgan fingerprint density at radius 3 is 2.78 bits per heavy atom. The minimum Gasteiger partial charge on any atom is -0.507 e. The highest BCUT2D eigenvalue weighted by molar-refractivity contribution is 5.87. The fourth-order valence-electron chi connectivity index (χ4n) is 4.03. The number of rotatable bonds is 3. The Bertz CT molecular complexity index is 672. The lowest BCUT2D eigenvalue weighted by Crippen LogP contribution is -2.45. The topological polar surface area (TPSA) is 66.8 Å². The summed E-state index contributed by atoms with van der Waals surface area (Å²) in [6.07, 6.45) is 5.00. The summed E-state index contributed by atoms with van der Waals surface area (Å²) in [5, 5.41) is 19.9. The van der Waals surface area contributed by atoms with Gasteiger partial charge in [-0.3, -0.25) is 0 Å². The van der Waals surface area contributed by atoms with Crippen LogP contribution in [0.5, 0.6) is 11.5 Å². The van der Waals surface area contributed by atoms with Crippen molar-refractivity contribution < 1.29 is 19.7 Å². The van der Waals surface area contributed by atoms with Crippen LogP contribution < -0.4 is 4.74 Å². The maximum atomic E-state index is 11.4. The molecule has 0 amide bonds. The first-order chi connectivity index (χ1) is 10.8. The number of benzene rings is 1. The molecule has 2 N–H and O–H groups in total. The van der Waals surface area contributed by atoms with Gasteiger partial charge in [0.1, 0.15) is 17.1 Å². The van der Waals surface area contributed by atoms with Crippen LogP contribution in [0.25, 0.3) is 0 Å². The molecule has 1 aromatic rings. The largest absolute Gasteiger partial charge is 0.507 e. The number of aliphatic carboxylic acids is 1. The van der Waals surface area contributed by atoms with Gasteiger partial charge in [-0.05, 0) is 50.8 Å². The molecule has 0 spiro atoms. The van der Waals surface area contributed by atoms with E-state index in [0.717, 1.165) is 30.4 Å². The average molecular weight is 316 g/mol. The minimum absolute atomic E-state index is 0.107. The number of hydrogen-bond acceptors (Lipinski definition) is 3. The van der Waals surface area contributed by atoms with Crippen molar-refractivity contribution in [1.82, 2.24) is 0 Å². The van der Waals surface area contributed by atoms with Gasteiger partial charge in [0.05, 0.1) is 0 Å². The zero-order valence-corrected chi connectivity index (χ0v) is 13.9. The van der Waals surface area contributed by atoms with Gasteiger partial charge in [0, 0.05) is 23.0 Å². The van der Waals surface area contributed by atoms with E-state index in [9.17, 15) is 15.0 Å². The van der Waals surface area contributed by atoms with Crippen LogP contribution in [-0.2, 0) is 11.2 Å². The zero-order chi connectivity index (χ0) is 16.8. The standard InChI is InChI=1S/C19H24O4/c1-4-5-11-8-15(20)17-13-10-12(18(21)22)6-7-14(13)19(2,3)23-16(17)9-11/h8-10,13-14,20H,4-7H2,1-3H3,(H,21,22). The number of phenols is 1. The molecule has 4 heteroatoms. The lowest BCUT2D eigenvalue weighted by atomic mass is 9.67. The summed E-state index contributed by atoms with van der Waals surface area (Å²) in [4.78, 5) is 11.4. The molecule has 1 aliphatic heterocycles. The van der Waals surface area contributed by atoms with Crippen LogP contribution in [0.4, 0.5) is 0 Å². The number of carbonyl (C=O) groups is 1. The van der Waals surface area contributed by atoms with Crippen molar-refractivity contribution in [2.75, 3.05) is 0 Å². The van der Waals surface area contributed by atoms with Crippen LogP contribution in [0, 0.1) is 5.92 Å². The molecule has 1 heterocycles. The Morgan fingerprint density at radius 1 is 1.39 bits per heavy atom. The minimum atomic E-state index is -0.864. The normalized spacial score (nSPS) is 24.9. The molecule has 0 bridgehead atoms. The molecule has 0 saturated carbocycles. The van der Waals surface area contributed by atoms with Crippen LogP contribution >= 0.6 is 0 Å². The van der Waals surface area contributed by atoms with E-state index >= 15 is 0 Å². The summed E-state index contributed by atoms with van der Waals surface area (Å²) >= 11 is 0. The molecule has 3 rings (SSSR count). The highest BCUT2D eigenvalue weighted by Gasteiger charge is 2.46. The second kappa shape index (κ2) is 5.59. The monoisotopic (exact) mass is 316 g/mol. The van der Waals surface area contributed by atoms with Gasteiger partial charge in [-0.15, -0.1) is 0 Å². The average Bonchev–Trinajstić information content (AvgIpc) is 2.45. The van der Waals surface area contributed by atoms with Crippen molar-refractivity contribution in [1.29, 1.82) is 0 Å². The van der Waals surface area contributed by atoms with Gasteiger partial charge in [0.2, 0.25) is 0 Å². The number of phenolic OH excluding ortho intramolecular Hbond substituents is 1. The molecule has 0 saturated heterocycles. The first-order valence-corrected chi connectivity index (χ1v) is 8.32. The molecule has 0 aromatic heterocycles. The summed E-state index contributed by atoms with van der Waals surface area (Å²) in [7, 11) is 0. The molecular weight excluding hydrogens is 292 g/mol. The van der Waals surface area contributed by atoms with Gasteiger partial charge >= 0.3 is 5.97 Å². The molecule has 2 atom stereocenters. The van der Waals surface area contributed by atoms with Crippen LogP contribution in [0.2, 0.25) is 0 Å². The Labute approximate surface area is 136 Å². The maximum absolute atomic E-state index is 11.4. The van der Waals surface area contributed by atoms with Crippen LogP contribution in [-0.4, -0.2) is 21.8 Å². The molecule has 23 heavy (non-hydrogen) atoms. The molecule has 2 unspecified atom stereocenters. The lowest BCUT2D eigenvalue weighted by Gasteiger charge is -2.46. The maximum Gasteiger partial charge on any atom is 0.331 e. The summed E-state index contributed by atoms with van der Waals surface area (Å²) in [6.45, 7) is 6.20. The van der Waals surface area contributed by atoms with Gasteiger partial charge in [-0.1, -0.05) is 19.4 Å². The van der Waals surface area contributed by atoms with Crippen molar-refractivity contribution >= 4 is 5.97 Å². The number of allylic oxidation sites excluding steroid dienone is 1. The first kappa shape index (κ1) is 15.9. The van der Waals surface area contributed by atoms with Crippen molar-refractivity contribution in [2.45, 2.75) is 58.0 Å². The summed E-state index contributed by atoms with van der Waals surface area (Å²) in [5.41, 5.74) is 1.85. The van der Waals surface area contributed by atoms with Gasteiger partial charge < -0.3 is 14.9 Å². The molecule has 0 radical (unpaired) electrons. The molecule has 124 valence electrons. The van der Waals surface area contributed by atoms with Gasteiger partial charge in [0.15, 0.2) is 0 Å². The Kier molecular flexibility index (Phi) is 3.86. The Morgan fingerprint density at radius 2 is 2.13 bits per heavy atom. The molecule has 1 aromatic carbocycles. The first-order valence-electron chi connectivity index (χ1n) is 8.32. The quantitative estimate of drug-likeness (QED) is 0.884. The van der Waals surface area contributed by atoms with E-state index in [4.69, 9.17) is 4.74 Å². The van der Waals surface area contributed by atoms with E-state index < -0.39 is 5.97 Å². The number of fused-ring (bicyclic) bond motifs is 3. The van der Waals surface area contributed by atoms with Crippen LogP contribution in [0.15, 0.2) is 23.8 Å². The van der Waals surface area contributed by atoms with E-state index in [2.05, 4.69) is 20.8 Å². The smallest absolute Gasteiger partial charge is 0.331 e. The lowest BCUT2D eigenvalue weighted by molar-refractivity contribution is -0.133. The fourth-order valence-corrected chi connectivity index (χ4v) is 4.03. The fraction of sp³-hybridized carbons (Fsp3) is 0.526. The third-order valence-electron chi connectivity index (χ3n) is 5.13. The predicted octanol–water partition coefficient (Wildman–Crippen LogP) is 4.02. The van der Waals surface area contributed by atoms with Gasteiger partial charge in [-0.2, -0.15) is 0 Å². The highest BCUT2D eigenvalue weighted by atomic mass is 16.5. The third kappa shape index (κ3) is 2.71. The Balaban J connectivity index is 2.13. The number of aromatic hydroxyl groups is 1. The molecule has 2 aliphatic rings. The summed E-state index contributed by atoms with van der Waals surface area (Å²) in [5.74, 6) is 0.114. The second-order valence-electron chi connectivity index (χ2n) is 7.15. The number of carboxylic acids is 1. The van der Waals surface area contributed by atoms with Gasteiger partial charge in [-0.25, -0.2) is 4.79 Å². The summed E-state index contributed by atoms with van der Waals surface area (Å²) < 4.78 is 6.22. The van der Waals surface area contributed by atoms with E-state index in [1.54, 1.807) is 6.07 Å². The zero-order valence-electron chi connectivity index (χ0n) is 13.9. The van der Waals surface area contributed by atoms with Crippen LogP contribution in [0.1, 0.15) is 57.1 Å². The number of aryl methyl sites for hydroxylation is 1. The highest BCUT2D eigenvalue weighted by Crippen LogP contribution is 2.53. The molecule has 4 nitrogen and oxygen atoms in total. The van der Waals surface area contributed by atoms with Crippen LogP contribution in [0.3, 0.4) is 0 Å². The summed E-state index contributed by atoms with van der Waals surface area (Å²) in [6, 6.07) is 3.80. The molecule has 0 fully saturated rings. The van der Waals surface area contributed by atoms with E-state index in [-0.39, 0.29) is 23.2 Å². The third-order valence-corrected chi connectivity index (χ3v) is 5.13. The van der Waals surface area contributed by atoms with Crippen molar-refractivity contribution in [3.8, 4) is 11.5 Å². The SMILES string of the molecule is CCCc1cc(O)c2c(c1)OC(C)(C)C1CCC(C(=O)O)=CC21. The van der Waals surface area contributed by atoms with E-state index in [1.165, 1.54) is 0 Å². The molecule has 1 aliphatic carbocycles.